The Bertz CT molecular complexity index is 785. The molecular weight excluding hydrogens is 352 g/mol. The molecule has 1 aliphatic rings. The summed E-state index contributed by atoms with van der Waals surface area (Å²) in [7, 11) is 1.30. The number of carbonyl (C=O) groups excluding carboxylic acids is 2. The molecule has 0 bridgehead atoms. The zero-order valence-corrected chi connectivity index (χ0v) is 16.3. The smallest absolute Gasteiger partial charge is 0.436 e. The standard InChI is InChI=1S/C18H24N4O5/c1-12-18(13(2)20-26-6,22(25)16(24)27-17(3,4)5)15(23)21(19-12)14-10-8-7-9-11-14/h7-11,25H,1-6H3/b20-13+. The van der Waals surface area contributed by atoms with Gasteiger partial charge in [-0.15, -0.1) is 0 Å². The van der Waals surface area contributed by atoms with Crippen LogP contribution < -0.4 is 5.01 Å². The lowest BCUT2D eigenvalue weighted by Gasteiger charge is -2.35. The number of anilines is 1. The molecular formula is C18H24N4O5. The zero-order chi connectivity index (χ0) is 20.4. The Labute approximate surface area is 157 Å². The van der Waals surface area contributed by atoms with Crippen LogP contribution in [-0.4, -0.2) is 51.9 Å². The molecule has 0 radical (unpaired) electrons. The number of ether oxygens (including phenoxy) is 1. The third kappa shape index (κ3) is 3.63. The minimum atomic E-state index is -1.98. The minimum Gasteiger partial charge on any atom is -0.442 e. The molecule has 0 saturated carbocycles. The van der Waals surface area contributed by atoms with Crippen molar-refractivity contribution in [2.75, 3.05) is 12.1 Å². The van der Waals surface area contributed by atoms with Gasteiger partial charge < -0.3 is 9.57 Å². The lowest BCUT2D eigenvalue weighted by Crippen LogP contribution is -2.64. The van der Waals surface area contributed by atoms with Crippen LogP contribution in [0.25, 0.3) is 0 Å². The molecule has 2 amide bonds. The van der Waals surface area contributed by atoms with Crippen molar-refractivity contribution in [3.05, 3.63) is 30.3 Å². The topological polar surface area (TPSA) is 104 Å². The summed E-state index contributed by atoms with van der Waals surface area (Å²) in [5.74, 6) is -0.683. The third-order valence-electron chi connectivity index (χ3n) is 3.91. The number of hydroxylamine groups is 2. The molecule has 1 aliphatic heterocycles. The SMILES string of the molecule is CO/N=C(\C)C1(N(O)C(=O)OC(C)(C)C)C(=O)N(c2ccccc2)N=C1C. The fourth-order valence-corrected chi connectivity index (χ4v) is 2.78. The second kappa shape index (κ2) is 7.36. The van der Waals surface area contributed by atoms with Crippen molar-refractivity contribution in [2.24, 2.45) is 10.3 Å². The number of nitrogens with zero attached hydrogens (tertiary/aromatic N) is 4. The average Bonchev–Trinajstić information content (AvgIpc) is 2.85. The summed E-state index contributed by atoms with van der Waals surface area (Å²) in [5, 5.41) is 20.1. The van der Waals surface area contributed by atoms with Gasteiger partial charge in [0.25, 0.3) is 5.91 Å². The minimum absolute atomic E-state index is 0.0306. The van der Waals surface area contributed by atoms with E-state index in [0.717, 1.165) is 5.01 Å². The van der Waals surface area contributed by atoms with E-state index in [1.54, 1.807) is 51.1 Å². The van der Waals surface area contributed by atoms with Gasteiger partial charge in [-0.05, 0) is 46.8 Å². The molecule has 0 saturated heterocycles. The molecule has 1 unspecified atom stereocenters. The largest absolute Gasteiger partial charge is 0.442 e. The first kappa shape index (κ1) is 20.4. The highest BCUT2D eigenvalue weighted by Gasteiger charge is 2.59. The molecule has 1 aromatic rings. The molecule has 1 aromatic carbocycles. The number of oxime groups is 1. The van der Waals surface area contributed by atoms with E-state index in [1.807, 2.05) is 0 Å². The number of hydrazone groups is 1. The van der Waals surface area contributed by atoms with Crippen molar-refractivity contribution < 1.29 is 24.4 Å². The number of carbonyl (C=O) groups is 2. The van der Waals surface area contributed by atoms with Gasteiger partial charge in [0.15, 0.2) is 0 Å². The first-order valence-corrected chi connectivity index (χ1v) is 8.31. The van der Waals surface area contributed by atoms with Gasteiger partial charge in [0, 0.05) is 0 Å². The molecule has 0 aliphatic carbocycles. The van der Waals surface area contributed by atoms with Gasteiger partial charge in [-0.25, -0.2) is 4.79 Å². The number of para-hydroxylation sites is 1. The molecule has 1 atom stereocenters. The quantitative estimate of drug-likeness (QED) is 0.494. The fourth-order valence-electron chi connectivity index (χ4n) is 2.78. The maximum atomic E-state index is 13.3. The van der Waals surface area contributed by atoms with Crippen LogP contribution in [0, 0.1) is 0 Å². The van der Waals surface area contributed by atoms with Crippen molar-refractivity contribution in [3.63, 3.8) is 0 Å². The van der Waals surface area contributed by atoms with Gasteiger partial charge in [-0.1, -0.05) is 23.4 Å². The Morgan fingerprint density at radius 2 is 1.89 bits per heavy atom. The molecule has 1 heterocycles. The van der Waals surface area contributed by atoms with Crippen molar-refractivity contribution in [1.29, 1.82) is 0 Å². The Kier molecular flexibility index (Phi) is 5.55. The van der Waals surface area contributed by atoms with Crippen LogP contribution >= 0.6 is 0 Å². The normalized spacial score (nSPS) is 20.4. The summed E-state index contributed by atoms with van der Waals surface area (Å²) < 4.78 is 5.22. The summed E-state index contributed by atoms with van der Waals surface area (Å²) in [6.07, 6.45) is -1.11. The van der Waals surface area contributed by atoms with E-state index in [1.165, 1.54) is 21.0 Å². The van der Waals surface area contributed by atoms with E-state index in [-0.39, 0.29) is 16.5 Å². The van der Waals surface area contributed by atoms with Gasteiger partial charge in [0.2, 0.25) is 5.54 Å². The summed E-state index contributed by atoms with van der Waals surface area (Å²) in [6, 6.07) is 8.65. The van der Waals surface area contributed by atoms with Crippen molar-refractivity contribution in [2.45, 2.75) is 45.8 Å². The third-order valence-corrected chi connectivity index (χ3v) is 3.91. The molecule has 9 heteroatoms. The number of rotatable bonds is 4. The van der Waals surface area contributed by atoms with Crippen LogP contribution in [0.1, 0.15) is 34.6 Å². The van der Waals surface area contributed by atoms with E-state index in [2.05, 4.69) is 10.3 Å². The van der Waals surface area contributed by atoms with Crippen LogP contribution in [0.15, 0.2) is 40.6 Å². The van der Waals surface area contributed by atoms with Crippen LogP contribution in [0.5, 0.6) is 0 Å². The van der Waals surface area contributed by atoms with Gasteiger partial charge >= 0.3 is 6.09 Å². The van der Waals surface area contributed by atoms with Gasteiger partial charge in [0.1, 0.15) is 12.7 Å². The average molecular weight is 376 g/mol. The number of amides is 2. The predicted molar refractivity (Wildman–Crippen MR) is 99.7 cm³/mol. The highest BCUT2D eigenvalue weighted by Crippen LogP contribution is 2.32. The predicted octanol–water partition coefficient (Wildman–Crippen LogP) is 2.80. The molecule has 0 fully saturated rings. The van der Waals surface area contributed by atoms with E-state index < -0.39 is 23.1 Å². The lowest BCUT2D eigenvalue weighted by molar-refractivity contribution is -0.146. The number of hydrogen-bond donors (Lipinski definition) is 1. The van der Waals surface area contributed by atoms with E-state index in [9.17, 15) is 14.8 Å². The lowest BCUT2D eigenvalue weighted by atomic mass is 9.88. The monoisotopic (exact) mass is 376 g/mol. The van der Waals surface area contributed by atoms with Gasteiger partial charge in [0.05, 0.1) is 17.1 Å². The summed E-state index contributed by atoms with van der Waals surface area (Å²) in [4.78, 5) is 30.6. The van der Waals surface area contributed by atoms with Crippen LogP contribution in [0.4, 0.5) is 10.5 Å². The Balaban J connectivity index is 2.56. The van der Waals surface area contributed by atoms with Crippen LogP contribution in [0.2, 0.25) is 0 Å². The first-order valence-electron chi connectivity index (χ1n) is 8.31. The molecule has 146 valence electrons. The number of hydrogen-bond acceptors (Lipinski definition) is 7. The molecule has 0 aromatic heterocycles. The van der Waals surface area contributed by atoms with Crippen molar-refractivity contribution in [1.82, 2.24) is 5.06 Å². The van der Waals surface area contributed by atoms with E-state index in [0.29, 0.717) is 5.69 Å². The second-order valence-electron chi connectivity index (χ2n) is 7.00. The van der Waals surface area contributed by atoms with E-state index >= 15 is 0 Å². The summed E-state index contributed by atoms with van der Waals surface area (Å²) in [5.41, 5.74) is -2.21. The van der Waals surface area contributed by atoms with Gasteiger partial charge in [-0.3, -0.25) is 10.0 Å². The van der Waals surface area contributed by atoms with Crippen LogP contribution in [-0.2, 0) is 14.4 Å². The highest BCUT2D eigenvalue weighted by atomic mass is 16.6. The summed E-state index contributed by atoms with van der Waals surface area (Å²) >= 11 is 0. The summed E-state index contributed by atoms with van der Waals surface area (Å²) in [6.45, 7) is 7.92. The van der Waals surface area contributed by atoms with E-state index in [4.69, 9.17) is 9.57 Å². The Morgan fingerprint density at radius 1 is 1.30 bits per heavy atom. The van der Waals surface area contributed by atoms with Crippen molar-refractivity contribution in [3.8, 4) is 0 Å². The maximum absolute atomic E-state index is 13.3. The highest BCUT2D eigenvalue weighted by molar-refractivity contribution is 6.37. The van der Waals surface area contributed by atoms with Crippen LogP contribution in [0.3, 0.4) is 0 Å². The Morgan fingerprint density at radius 3 is 2.41 bits per heavy atom. The number of benzene rings is 1. The van der Waals surface area contributed by atoms with Crippen molar-refractivity contribution >= 4 is 29.1 Å². The van der Waals surface area contributed by atoms with Gasteiger partial charge in [-0.2, -0.15) is 15.2 Å². The second-order valence-corrected chi connectivity index (χ2v) is 7.00. The molecule has 1 N–H and O–H groups in total. The molecule has 27 heavy (non-hydrogen) atoms. The maximum Gasteiger partial charge on any atom is 0.436 e. The Hall–Kier alpha value is -2.94. The molecule has 0 spiro atoms. The zero-order valence-electron chi connectivity index (χ0n) is 16.3. The molecule has 2 rings (SSSR count). The fraction of sp³-hybridized carbons (Fsp3) is 0.444. The molecule has 9 nitrogen and oxygen atoms in total. The first-order chi connectivity index (χ1) is 12.6.